The number of amides is 1. The summed E-state index contributed by atoms with van der Waals surface area (Å²) in [6.45, 7) is 0.244. The summed E-state index contributed by atoms with van der Waals surface area (Å²) in [6, 6.07) is 4.04. The molecule has 3 heterocycles. The van der Waals surface area contributed by atoms with Crippen LogP contribution in [0, 0.1) is 5.82 Å². The molecule has 184 valence electrons. The van der Waals surface area contributed by atoms with Crippen molar-refractivity contribution in [2.24, 2.45) is 0 Å². The molecule has 0 unspecified atom stereocenters. The molecular formula is C22H23F4N3O5. The summed E-state index contributed by atoms with van der Waals surface area (Å²) in [5, 5.41) is 10.9. The van der Waals surface area contributed by atoms with E-state index in [1.807, 2.05) is 0 Å². The predicted octanol–water partition coefficient (Wildman–Crippen LogP) is 3.72. The van der Waals surface area contributed by atoms with E-state index in [0.29, 0.717) is 31.4 Å². The number of alkyl halides is 3. The van der Waals surface area contributed by atoms with E-state index >= 15 is 0 Å². The number of hydrogen-bond acceptors (Lipinski definition) is 7. The second kappa shape index (κ2) is 9.14. The Labute approximate surface area is 191 Å². The summed E-state index contributed by atoms with van der Waals surface area (Å²) in [5.41, 5.74) is 0.747. The molecule has 3 aliphatic rings. The maximum atomic E-state index is 13.3. The number of benzene rings is 1. The van der Waals surface area contributed by atoms with Gasteiger partial charge in [0.05, 0.1) is 18.8 Å². The molecule has 0 bridgehead atoms. The highest BCUT2D eigenvalue weighted by atomic mass is 19.4. The van der Waals surface area contributed by atoms with E-state index in [0.717, 1.165) is 5.56 Å². The molecule has 12 heteroatoms. The molecule has 1 aromatic heterocycles. The van der Waals surface area contributed by atoms with Gasteiger partial charge < -0.3 is 19.2 Å². The van der Waals surface area contributed by atoms with Gasteiger partial charge in [0.15, 0.2) is 6.10 Å². The molecule has 1 amide bonds. The molecule has 2 aliphatic heterocycles. The molecule has 0 radical (unpaired) electrons. The average molecular weight is 485 g/mol. The van der Waals surface area contributed by atoms with Crippen LogP contribution in [-0.2, 0) is 20.7 Å². The minimum Gasteiger partial charge on any atom is -0.480 e. The topological polar surface area (TPSA) is 95.7 Å². The first-order valence-electron chi connectivity index (χ1n) is 11.2. The van der Waals surface area contributed by atoms with Gasteiger partial charge in [-0.1, -0.05) is 0 Å². The average Bonchev–Trinajstić information content (AvgIpc) is 3.25. The van der Waals surface area contributed by atoms with Crippen LogP contribution in [0.5, 0.6) is 5.75 Å². The fourth-order valence-corrected chi connectivity index (χ4v) is 4.49. The molecule has 1 N–H and O–H groups in total. The van der Waals surface area contributed by atoms with E-state index in [4.69, 9.17) is 13.9 Å². The summed E-state index contributed by atoms with van der Waals surface area (Å²) in [7, 11) is 0. The van der Waals surface area contributed by atoms with Crippen LogP contribution in [0.1, 0.15) is 61.5 Å². The molecule has 8 nitrogen and oxygen atoms in total. The largest absolute Gasteiger partial charge is 0.522 e. The Balaban J connectivity index is 1.07. The lowest BCUT2D eigenvalue weighted by molar-refractivity contribution is -0.352. The monoisotopic (exact) mass is 485 g/mol. The molecule has 2 fully saturated rings. The van der Waals surface area contributed by atoms with Crippen LogP contribution in [0.3, 0.4) is 0 Å². The van der Waals surface area contributed by atoms with E-state index in [1.54, 1.807) is 0 Å². The number of aryl methyl sites for hydroxylation is 1. The molecule has 3 atom stereocenters. The van der Waals surface area contributed by atoms with E-state index in [9.17, 15) is 22.4 Å². The standard InChI is InChI=1S/C22H23F4N3O5/c23-13-2-5-16-11(7-13)1-4-17(32-16)19(30)27-14-3-6-18(31-10-14)21-29-28-20(33-21)12-8-15(9-12)34-22(24,25)26/h2,5,7,12,14-15,17-18H,1,3-4,6,8-10H2,(H,27,30)/t12-,14-,15+,17+,18+/m0/s1. The van der Waals surface area contributed by atoms with Gasteiger partial charge in [-0.15, -0.1) is 23.4 Å². The third-order valence-corrected chi connectivity index (χ3v) is 6.36. The van der Waals surface area contributed by atoms with Crippen molar-refractivity contribution in [1.29, 1.82) is 0 Å². The Morgan fingerprint density at radius 1 is 1.12 bits per heavy atom. The maximum Gasteiger partial charge on any atom is 0.522 e. The lowest BCUT2D eigenvalue weighted by Gasteiger charge is -2.33. The van der Waals surface area contributed by atoms with Crippen LogP contribution in [0.15, 0.2) is 22.6 Å². The Kier molecular flexibility index (Phi) is 6.19. The zero-order valence-corrected chi connectivity index (χ0v) is 18.0. The Hall–Kier alpha value is -2.73. The van der Waals surface area contributed by atoms with E-state index in [-0.39, 0.29) is 54.9 Å². The Morgan fingerprint density at radius 3 is 2.65 bits per heavy atom. The zero-order chi connectivity index (χ0) is 23.9. The number of fused-ring (bicyclic) bond motifs is 1. The minimum atomic E-state index is -4.65. The van der Waals surface area contributed by atoms with Gasteiger partial charge in [-0.25, -0.2) is 4.39 Å². The van der Waals surface area contributed by atoms with Gasteiger partial charge in [-0.05, 0) is 62.3 Å². The van der Waals surface area contributed by atoms with Crippen molar-refractivity contribution >= 4 is 5.91 Å². The van der Waals surface area contributed by atoms with Gasteiger partial charge in [0.25, 0.3) is 5.91 Å². The molecule has 0 spiro atoms. The molecule has 1 aromatic carbocycles. The summed E-state index contributed by atoms with van der Waals surface area (Å²) in [6.07, 6.45) is -4.13. The second-order valence-corrected chi connectivity index (χ2v) is 8.83. The fraction of sp³-hybridized carbons (Fsp3) is 0.591. The van der Waals surface area contributed by atoms with E-state index in [1.165, 1.54) is 18.2 Å². The third-order valence-electron chi connectivity index (χ3n) is 6.36. The van der Waals surface area contributed by atoms with Crippen LogP contribution in [0.2, 0.25) is 0 Å². The van der Waals surface area contributed by atoms with Crippen LogP contribution in [0.4, 0.5) is 17.6 Å². The Bertz CT molecular complexity index is 1030. The summed E-state index contributed by atoms with van der Waals surface area (Å²) >= 11 is 0. The Morgan fingerprint density at radius 2 is 1.91 bits per heavy atom. The highest BCUT2D eigenvalue weighted by Gasteiger charge is 2.43. The number of hydrogen-bond donors (Lipinski definition) is 1. The van der Waals surface area contributed by atoms with Crippen LogP contribution >= 0.6 is 0 Å². The van der Waals surface area contributed by atoms with Crippen LogP contribution < -0.4 is 10.1 Å². The van der Waals surface area contributed by atoms with Crippen molar-refractivity contribution in [3.8, 4) is 5.75 Å². The smallest absolute Gasteiger partial charge is 0.480 e. The highest BCUT2D eigenvalue weighted by Crippen LogP contribution is 2.41. The number of nitrogens with one attached hydrogen (secondary N) is 1. The van der Waals surface area contributed by atoms with Crippen molar-refractivity contribution in [3.05, 3.63) is 41.4 Å². The normalized spacial score (nSPS) is 29.0. The van der Waals surface area contributed by atoms with Crippen molar-refractivity contribution in [2.45, 2.75) is 75.2 Å². The van der Waals surface area contributed by atoms with E-state index in [2.05, 4.69) is 20.3 Å². The van der Waals surface area contributed by atoms with Gasteiger partial charge in [0, 0.05) is 5.92 Å². The maximum absolute atomic E-state index is 13.3. The zero-order valence-electron chi connectivity index (χ0n) is 18.0. The number of nitrogens with zero attached hydrogens (tertiary/aromatic N) is 2. The lowest BCUT2D eigenvalue weighted by Crippen LogP contribution is -2.48. The van der Waals surface area contributed by atoms with E-state index < -0.39 is 24.7 Å². The number of carbonyl (C=O) groups is 1. The minimum absolute atomic E-state index is 0.170. The molecule has 5 rings (SSSR count). The second-order valence-electron chi connectivity index (χ2n) is 8.83. The first kappa shape index (κ1) is 23.0. The summed E-state index contributed by atoms with van der Waals surface area (Å²) in [4.78, 5) is 12.6. The SMILES string of the molecule is O=C(N[C@H]1CC[C@H](c2nnc([C@H]3C[C@@H](OC(F)(F)F)C3)o2)OC1)[C@H]1CCc2cc(F)ccc2O1. The predicted molar refractivity (Wildman–Crippen MR) is 106 cm³/mol. The van der Waals surface area contributed by atoms with Gasteiger partial charge in [-0.2, -0.15) is 0 Å². The number of carbonyl (C=O) groups excluding carboxylic acids is 1. The highest BCUT2D eigenvalue weighted by molar-refractivity contribution is 5.81. The quantitative estimate of drug-likeness (QED) is 0.645. The van der Waals surface area contributed by atoms with Gasteiger partial charge >= 0.3 is 6.36 Å². The lowest BCUT2D eigenvalue weighted by atomic mass is 9.82. The van der Waals surface area contributed by atoms with Crippen LogP contribution in [0.25, 0.3) is 0 Å². The molecule has 1 saturated carbocycles. The van der Waals surface area contributed by atoms with Gasteiger partial charge in [0.1, 0.15) is 17.7 Å². The van der Waals surface area contributed by atoms with Gasteiger partial charge in [0.2, 0.25) is 11.8 Å². The summed E-state index contributed by atoms with van der Waals surface area (Å²) in [5.74, 6) is 0.233. The molecule has 2 aromatic rings. The molecular weight excluding hydrogens is 462 g/mol. The van der Waals surface area contributed by atoms with Crippen molar-refractivity contribution in [3.63, 3.8) is 0 Å². The van der Waals surface area contributed by atoms with Crippen molar-refractivity contribution in [2.75, 3.05) is 6.61 Å². The van der Waals surface area contributed by atoms with Crippen molar-refractivity contribution in [1.82, 2.24) is 15.5 Å². The first-order valence-corrected chi connectivity index (χ1v) is 11.2. The fourth-order valence-electron chi connectivity index (χ4n) is 4.49. The number of ether oxygens (including phenoxy) is 3. The molecule has 1 saturated heterocycles. The molecule has 1 aliphatic carbocycles. The van der Waals surface area contributed by atoms with Crippen LogP contribution in [-0.4, -0.2) is 47.3 Å². The summed E-state index contributed by atoms with van der Waals surface area (Å²) < 4.78 is 71.3. The number of rotatable bonds is 5. The van der Waals surface area contributed by atoms with Gasteiger partial charge in [-0.3, -0.25) is 9.53 Å². The number of aromatic nitrogens is 2. The number of halogens is 4. The van der Waals surface area contributed by atoms with Crippen molar-refractivity contribution < 1.29 is 41.0 Å². The first-order chi connectivity index (χ1) is 16.2. The third kappa shape index (κ3) is 5.17. The molecule has 34 heavy (non-hydrogen) atoms.